The van der Waals surface area contributed by atoms with Gasteiger partial charge in [-0.2, -0.15) is 0 Å². The van der Waals surface area contributed by atoms with Crippen molar-refractivity contribution in [1.29, 1.82) is 0 Å². The number of ketones is 1. The van der Waals surface area contributed by atoms with Crippen LogP contribution in [0.25, 0.3) is 0 Å². The van der Waals surface area contributed by atoms with Crippen molar-refractivity contribution in [3.8, 4) is 5.75 Å². The number of benzene rings is 1. The van der Waals surface area contributed by atoms with Crippen molar-refractivity contribution in [1.82, 2.24) is 0 Å². The molecule has 1 fully saturated rings. The van der Waals surface area contributed by atoms with Gasteiger partial charge >= 0.3 is 0 Å². The average Bonchev–Trinajstić information content (AvgIpc) is 2.49. The smallest absolute Gasteiger partial charge is 0.194 e. The van der Waals surface area contributed by atoms with Crippen LogP contribution < -0.4 is 4.74 Å². The maximum Gasteiger partial charge on any atom is 0.194 e. The molecule has 1 saturated carbocycles. The van der Waals surface area contributed by atoms with Crippen molar-refractivity contribution in [2.75, 3.05) is 13.7 Å². The van der Waals surface area contributed by atoms with Gasteiger partial charge in [0.25, 0.3) is 0 Å². The third kappa shape index (κ3) is 3.13. The van der Waals surface area contributed by atoms with Crippen molar-refractivity contribution >= 4 is 5.78 Å². The molecule has 0 radical (unpaired) electrons. The first-order chi connectivity index (χ1) is 10.0. The van der Waals surface area contributed by atoms with E-state index in [1.54, 1.807) is 7.11 Å². The van der Waals surface area contributed by atoms with Crippen molar-refractivity contribution in [2.45, 2.75) is 58.5 Å². The molecule has 2 rings (SSSR count). The minimum atomic E-state index is -0.612. The van der Waals surface area contributed by atoms with Gasteiger partial charge in [0.2, 0.25) is 0 Å². The standard InChI is InChI=1S/C18H26O3/c1-5-21-18(9-7-6-8-10-18)17(19)15-11-14(3)16(20-4)12-13(15)2/h11-12H,5-10H2,1-4H3. The van der Waals surface area contributed by atoms with Gasteiger partial charge in [-0.15, -0.1) is 0 Å². The van der Waals surface area contributed by atoms with Gasteiger partial charge in [-0.1, -0.05) is 19.3 Å². The predicted molar refractivity (Wildman–Crippen MR) is 84.2 cm³/mol. The minimum Gasteiger partial charge on any atom is -0.496 e. The van der Waals surface area contributed by atoms with E-state index in [1.807, 2.05) is 32.9 Å². The van der Waals surface area contributed by atoms with Gasteiger partial charge in [0, 0.05) is 12.2 Å². The SMILES string of the molecule is CCOC1(C(=O)c2cc(C)c(OC)cc2C)CCCCC1. The Bertz CT molecular complexity index is 508. The molecule has 0 bridgehead atoms. The van der Waals surface area contributed by atoms with Gasteiger partial charge in [-0.3, -0.25) is 4.79 Å². The monoisotopic (exact) mass is 290 g/mol. The first-order valence-electron chi connectivity index (χ1n) is 7.88. The Kier molecular flexibility index (Phi) is 5.04. The summed E-state index contributed by atoms with van der Waals surface area (Å²) in [5.41, 5.74) is 2.13. The Morgan fingerprint density at radius 3 is 2.38 bits per heavy atom. The molecule has 1 aliphatic rings. The van der Waals surface area contributed by atoms with Crippen LogP contribution in [0.4, 0.5) is 0 Å². The summed E-state index contributed by atoms with van der Waals surface area (Å²) in [5.74, 6) is 0.977. The highest BCUT2D eigenvalue weighted by Crippen LogP contribution is 2.36. The summed E-state index contributed by atoms with van der Waals surface area (Å²) in [5, 5.41) is 0. The van der Waals surface area contributed by atoms with E-state index in [2.05, 4.69) is 0 Å². The molecular weight excluding hydrogens is 264 g/mol. The predicted octanol–water partition coefficient (Wildman–Crippen LogP) is 4.23. The minimum absolute atomic E-state index is 0.146. The molecule has 0 saturated heterocycles. The molecule has 0 N–H and O–H groups in total. The van der Waals surface area contributed by atoms with Crippen LogP contribution in [0.5, 0.6) is 5.75 Å². The summed E-state index contributed by atoms with van der Waals surface area (Å²) in [6.45, 7) is 6.50. The Labute approximate surface area is 127 Å². The number of Topliss-reactive ketones (excluding diaryl/α,β-unsaturated/α-hetero) is 1. The fourth-order valence-electron chi connectivity index (χ4n) is 3.34. The summed E-state index contributed by atoms with van der Waals surface area (Å²) in [4.78, 5) is 13.1. The Morgan fingerprint density at radius 2 is 1.81 bits per heavy atom. The van der Waals surface area contributed by atoms with Gasteiger partial charge in [0.15, 0.2) is 5.78 Å². The summed E-state index contributed by atoms with van der Waals surface area (Å²) in [6, 6.07) is 3.90. The van der Waals surface area contributed by atoms with E-state index in [-0.39, 0.29) is 5.78 Å². The lowest BCUT2D eigenvalue weighted by atomic mass is 9.78. The normalized spacial score (nSPS) is 17.5. The van der Waals surface area contributed by atoms with Crippen LogP contribution >= 0.6 is 0 Å². The number of carbonyl (C=O) groups excluding carboxylic acids is 1. The molecule has 116 valence electrons. The fourth-order valence-corrected chi connectivity index (χ4v) is 3.34. The molecule has 0 heterocycles. The van der Waals surface area contributed by atoms with Crippen LogP contribution in [0.1, 0.15) is 60.5 Å². The number of hydrogen-bond acceptors (Lipinski definition) is 3. The number of aryl methyl sites for hydroxylation is 2. The quantitative estimate of drug-likeness (QED) is 0.761. The van der Waals surface area contributed by atoms with Crippen LogP contribution in [0, 0.1) is 13.8 Å². The average molecular weight is 290 g/mol. The highest BCUT2D eigenvalue weighted by molar-refractivity contribution is 6.04. The molecule has 0 amide bonds. The zero-order chi connectivity index (χ0) is 15.5. The molecule has 0 unspecified atom stereocenters. The fraction of sp³-hybridized carbons (Fsp3) is 0.611. The number of methoxy groups -OCH3 is 1. The van der Waals surface area contributed by atoms with Gasteiger partial charge in [0.05, 0.1) is 7.11 Å². The lowest BCUT2D eigenvalue weighted by Gasteiger charge is -2.36. The first kappa shape index (κ1) is 16.0. The van der Waals surface area contributed by atoms with E-state index >= 15 is 0 Å². The highest BCUT2D eigenvalue weighted by atomic mass is 16.5. The molecule has 3 heteroatoms. The first-order valence-corrected chi connectivity index (χ1v) is 7.88. The van der Waals surface area contributed by atoms with E-state index in [0.717, 1.165) is 48.1 Å². The third-order valence-electron chi connectivity index (χ3n) is 4.48. The van der Waals surface area contributed by atoms with E-state index in [0.29, 0.717) is 6.61 Å². The maximum absolute atomic E-state index is 13.1. The number of hydrogen-bond donors (Lipinski definition) is 0. The van der Waals surface area contributed by atoms with E-state index in [4.69, 9.17) is 9.47 Å². The maximum atomic E-state index is 13.1. The second kappa shape index (κ2) is 6.61. The molecule has 3 nitrogen and oxygen atoms in total. The summed E-state index contributed by atoms with van der Waals surface area (Å²) < 4.78 is 11.3. The molecular formula is C18H26O3. The van der Waals surface area contributed by atoms with Crippen molar-refractivity contribution in [3.05, 3.63) is 28.8 Å². The molecule has 1 aromatic rings. The van der Waals surface area contributed by atoms with Gasteiger partial charge in [-0.25, -0.2) is 0 Å². The lowest BCUT2D eigenvalue weighted by molar-refractivity contribution is -0.0411. The summed E-state index contributed by atoms with van der Waals surface area (Å²) in [7, 11) is 1.66. The summed E-state index contributed by atoms with van der Waals surface area (Å²) >= 11 is 0. The van der Waals surface area contributed by atoms with Crippen LogP contribution in [0.3, 0.4) is 0 Å². The molecule has 1 aliphatic carbocycles. The molecule has 21 heavy (non-hydrogen) atoms. The van der Waals surface area contributed by atoms with E-state index in [1.165, 1.54) is 6.42 Å². The van der Waals surface area contributed by atoms with Crippen LogP contribution in [0.2, 0.25) is 0 Å². The molecule has 0 atom stereocenters. The van der Waals surface area contributed by atoms with Crippen LogP contribution in [0.15, 0.2) is 12.1 Å². The number of rotatable bonds is 5. The largest absolute Gasteiger partial charge is 0.496 e. The Morgan fingerprint density at radius 1 is 1.14 bits per heavy atom. The third-order valence-corrected chi connectivity index (χ3v) is 4.48. The second-order valence-corrected chi connectivity index (χ2v) is 5.95. The molecule has 1 aromatic carbocycles. The molecule has 0 aromatic heterocycles. The van der Waals surface area contributed by atoms with Crippen molar-refractivity contribution in [2.24, 2.45) is 0 Å². The zero-order valence-corrected chi connectivity index (χ0v) is 13.6. The van der Waals surface area contributed by atoms with Gasteiger partial charge in [0.1, 0.15) is 11.4 Å². The van der Waals surface area contributed by atoms with Gasteiger partial charge in [-0.05, 0) is 56.9 Å². The molecule has 0 spiro atoms. The van der Waals surface area contributed by atoms with E-state index < -0.39 is 5.60 Å². The van der Waals surface area contributed by atoms with Gasteiger partial charge < -0.3 is 9.47 Å². The van der Waals surface area contributed by atoms with Crippen LogP contribution in [-0.4, -0.2) is 25.1 Å². The Hall–Kier alpha value is -1.35. The molecule has 0 aliphatic heterocycles. The Balaban J connectivity index is 2.39. The lowest BCUT2D eigenvalue weighted by Crippen LogP contribution is -2.43. The number of ether oxygens (including phenoxy) is 2. The van der Waals surface area contributed by atoms with Crippen LogP contribution in [-0.2, 0) is 4.74 Å². The van der Waals surface area contributed by atoms with Crippen molar-refractivity contribution in [3.63, 3.8) is 0 Å². The zero-order valence-electron chi connectivity index (χ0n) is 13.6. The second-order valence-electron chi connectivity index (χ2n) is 5.95. The van der Waals surface area contributed by atoms with E-state index in [9.17, 15) is 4.79 Å². The topological polar surface area (TPSA) is 35.5 Å². The highest BCUT2D eigenvalue weighted by Gasteiger charge is 2.41. The summed E-state index contributed by atoms with van der Waals surface area (Å²) in [6.07, 6.45) is 5.01. The number of carbonyl (C=O) groups is 1. The van der Waals surface area contributed by atoms with Crippen molar-refractivity contribution < 1.29 is 14.3 Å².